The number of thioether (sulfide) groups is 1. The van der Waals surface area contributed by atoms with Crippen molar-refractivity contribution in [2.24, 2.45) is 0 Å². The van der Waals surface area contributed by atoms with Crippen molar-refractivity contribution in [3.8, 4) is 6.07 Å². The summed E-state index contributed by atoms with van der Waals surface area (Å²) >= 11 is 1.78. The third-order valence-electron chi connectivity index (χ3n) is 3.22. The van der Waals surface area contributed by atoms with Gasteiger partial charge in [-0.2, -0.15) is 17.0 Å². The molecular formula is C19H19NO2S. The van der Waals surface area contributed by atoms with Gasteiger partial charge in [-0.15, -0.1) is 0 Å². The predicted octanol–water partition coefficient (Wildman–Crippen LogP) is 4.56. The molecule has 23 heavy (non-hydrogen) atoms. The maximum Gasteiger partial charge on any atom is 0.338 e. The second-order valence-electron chi connectivity index (χ2n) is 5.14. The lowest BCUT2D eigenvalue weighted by Crippen LogP contribution is -2.06. The van der Waals surface area contributed by atoms with Gasteiger partial charge in [0.05, 0.1) is 23.8 Å². The standard InChI is InChI=1S/C19H19NO2S/c1-2-10-22-19(21)18-5-3-4-17(11-18)14-23-13-16-8-6-15(12-20)7-9-16/h3-9,11H,2,10,13-14H2,1H3. The fraction of sp³-hybridized carbons (Fsp3) is 0.263. The summed E-state index contributed by atoms with van der Waals surface area (Å²) in [6.45, 7) is 2.43. The van der Waals surface area contributed by atoms with Gasteiger partial charge in [0, 0.05) is 11.5 Å². The van der Waals surface area contributed by atoms with E-state index in [2.05, 4.69) is 6.07 Å². The van der Waals surface area contributed by atoms with Crippen molar-refractivity contribution in [3.05, 3.63) is 70.8 Å². The summed E-state index contributed by atoms with van der Waals surface area (Å²) in [6, 6.07) is 17.3. The van der Waals surface area contributed by atoms with Gasteiger partial charge < -0.3 is 4.74 Å². The van der Waals surface area contributed by atoms with Crippen LogP contribution in [0.2, 0.25) is 0 Å². The zero-order valence-corrected chi connectivity index (χ0v) is 13.9. The van der Waals surface area contributed by atoms with Crippen molar-refractivity contribution in [3.63, 3.8) is 0 Å². The van der Waals surface area contributed by atoms with Crippen LogP contribution in [0.4, 0.5) is 0 Å². The zero-order valence-electron chi connectivity index (χ0n) is 13.1. The fourth-order valence-electron chi connectivity index (χ4n) is 2.03. The number of nitriles is 1. The molecular weight excluding hydrogens is 306 g/mol. The van der Waals surface area contributed by atoms with Crippen LogP contribution in [0.5, 0.6) is 0 Å². The molecule has 0 saturated carbocycles. The highest BCUT2D eigenvalue weighted by molar-refractivity contribution is 7.97. The van der Waals surface area contributed by atoms with Gasteiger partial charge in [0.1, 0.15) is 0 Å². The molecule has 0 amide bonds. The van der Waals surface area contributed by atoms with Crippen LogP contribution in [0.3, 0.4) is 0 Å². The molecule has 0 bridgehead atoms. The number of rotatable bonds is 7. The molecule has 2 aromatic carbocycles. The Labute approximate surface area is 141 Å². The molecule has 0 aliphatic heterocycles. The lowest BCUT2D eigenvalue weighted by Gasteiger charge is -2.06. The van der Waals surface area contributed by atoms with Gasteiger partial charge in [-0.1, -0.05) is 31.2 Å². The first-order chi connectivity index (χ1) is 11.2. The van der Waals surface area contributed by atoms with Crippen molar-refractivity contribution < 1.29 is 9.53 Å². The lowest BCUT2D eigenvalue weighted by atomic mass is 10.1. The van der Waals surface area contributed by atoms with Crippen LogP contribution < -0.4 is 0 Å². The minimum atomic E-state index is -0.259. The number of ether oxygens (including phenoxy) is 1. The van der Waals surface area contributed by atoms with Crippen molar-refractivity contribution in [1.82, 2.24) is 0 Å². The molecule has 2 aromatic rings. The molecule has 4 heteroatoms. The van der Waals surface area contributed by atoms with Crippen LogP contribution >= 0.6 is 11.8 Å². The average Bonchev–Trinajstić information content (AvgIpc) is 2.60. The number of hydrogen-bond donors (Lipinski definition) is 0. The van der Waals surface area contributed by atoms with Crippen LogP contribution in [0.25, 0.3) is 0 Å². The van der Waals surface area contributed by atoms with E-state index in [9.17, 15) is 4.79 Å². The number of carbonyl (C=O) groups is 1. The molecule has 0 unspecified atom stereocenters. The van der Waals surface area contributed by atoms with E-state index in [1.54, 1.807) is 17.8 Å². The molecule has 0 radical (unpaired) electrons. The Morgan fingerprint density at radius 1 is 1.13 bits per heavy atom. The predicted molar refractivity (Wildman–Crippen MR) is 93.2 cm³/mol. The van der Waals surface area contributed by atoms with Crippen molar-refractivity contribution in [2.75, 3.05) is 6.61 Å². The summed E-state index contributed by atoms with van der Waals surface area (Å²) in [6.07, 6.45) is 0.825. The van der Waals surface area contributed by atoms with E-state index in [0.29, 0.717) is 17.7 Å². The first kappa shape index (κ1) is 17.1. The van der Waals surface area contributed by atoms with E-state index in [4.69, 9.17) is 10.00 Å². The topological polar surface area (TPSA) is 50.1 Å². The van der Waals surface area contributed by atoms with Gasteiger partial charge in [0.25, 0.3) is 0 Å². The molecule has 0 N–H and O–H groups in total. The SMILES string of the molecule is CCCOC(=O)c1cccc(CSCc2ccc(C#N)cc2)c1. The van der Waals surface area contributed by atoms with Crippen LogP contribution in [0, 0.1) is 11.3 Å². The molecule has 0 spiro atoms. The summed E-state index contributed by atoms with van der Waals surface area (Å²) < 4.78 is 5.16. The van der Waals surface area contributed by atoms with E-state index in [1.807, 2.05) is 49.4 Å². The third kappa shape index (κ3) is 5.46. The normalized spacial score (nSPS) is 10.1. The van der Waals surface area contributed by atoms with Crippen LogP contribution in [-0.4, -0.2) is 12.6 Å². The lowest BCUT2D eigenvalue weighted by molar-refractivity contribution is 0.0505. The van der Waals surface area contributed by atoms with Crippen LogP contribution in [0.15, 0.2) is 48.5 Å². The van der Waals surface area contributed by atoms with E-state index < -0.39 is 0 Å². The summed E-state index contributed by atoms with van der Waals surface area (Å²) in [4.78, 5) is 11.9. The molecule has 0 atom stereocenters. The molecule has 0 saturated heterocycles. The number of hydrogen-bond acceptors (Lipinski definition) is 4. The molecule has 0 aliphatic rings. The number of esters is 1. The minimum Gasteiger partial charge on any atom is -0.462 e. The third-order valence-corrected chi connectivity index (χ3v) is 4.30. The summed E-state index contributed by atoms with van der Waals surface area (Å²) in [5.74, 6) is 1.44. The van der Waals surface area contributed by atoms with E-state index >= 15 is 0 Å². The van der Waals surface area contributed by atoms with E-state index in [1.165, 1.54) is 5.56 Å². The van der Waals surface area contributed by atoms with Gasteiger partial charge in [-0.05, 0) is 41.8 Å². The maximum absolute atomic E-state index is 11.9. The number of carbonyl (C=O) groups excluding carboxylic acids is 1. The van der Waals surface area contributed by atoms with Gasteiger partial charge in [0.15, 0.2) is 0 Å². The highest BCUT2D eigenvalue weighted by atomic mass is 32.2. The minimum absolute atomic E-state index is 0.259. The highest BCUT2D eigenvalue weighted by Gasteiger charge is 2.07. The Bertz CT molecular complexity index is 689. The zero-order chi connectivity index (χ0) is 16.5. The second kappa shape index (κ2) is 9.02. The van der Waals surface area contributed by atoms with Gasteiger partial charge >= 0.3 is 5.97 Å². The molecule has 118 valence electrons. The summed E-state index contributed by atoms with van der Waals surface area (Å²) in [7, 11) is 0. The highest BCUT2D eigenvalue weighted by Crippen LogP contribution is 2.19. The molecule has 2 rings (SSSR count). The largest absolute Gasteiger partial charge is 0.462 e. The quantitative estimate of drug-likeness (QED) is 0.700. The van der Waals surface area contributed by atoms with E-state index in [0.717, 1.165) is 23.5 Å². The van der Waals surface area contributed by atoms with Crippen LogP contribution in [-0.2, 0) is 16.2 Å². The van der Waals surface area contributed by atoms with Gasteiger partial charge in [-0.25, -0.2) is 4.79 Å². The van der Waals surface area contributed by atoms with Crippen molar-refractivity contribution in [2.45, 2.75) is 24.9 Å². The van der Waals surface area contributed by atoms with Gasteiger partial charge in [0.2, 0.25) is 0 Å². The number of nitrogens with zero attached hydrogens (tertiary/aromatic N) is 1. The Balaban J connectivity index is 1.88. The first-order valence-corrected chi connectivity index (χ1v) is 8.71. The summed E-state index contributed by atoms with van der Waals surface area (Å²) in [5, 5.41) is 8.79. The monoisotopic (exact) mass is 325 g/mol. The number of benzene rings is 2. The molecule has 0 aromatic heterocycles. The Hall–Kier alpha value is -2.25. The maximum atomic E-state index is 11.9. The Morgan fingerprint density at radius 3 is 2.57 bits per heavy atom. The molecule has 3 nitrogen and oxygen atoms in total. The van der Waals surface area contributed by atoms with Crippen LogP contribution in [0.1, 0.15) is 40.4 Å². The van der Waals surface area contributed by atoms with E-state index in [-0.39, 0.29) is 5.97 Å². The summed E-state index contributed by atoms with van der Waals surface area (Å²) in [5.41, 5.74) is 3.58. The Kier molecular flexibility index (Phi) is 6.71. The fourth-order valence-corrected chi connectivity index (χ4v) is 2.97. The Morgan fingerprint density at radius 2 is 1.87 bits per heavy atom. The smallest absolute Gasteiger partial charge is 0.338 e. The molecule has 0 fully saturated rings. The average molecular weight is 325 g/mol. The second-order valence-corrected chi connectivity index (χ2v) is 6.12. The molecule has 0 heterocycles. The molecule has 0 aliphatic carbocycles. The van der Waals surface area contributed by atoms with Crippen molar-refractivity contribution in [1.29, 1.82) is 5.26 Å². The first-order valence-electron chi connectivity index (χ1n) is 7.55. The van der Waals surface area contributed by atoms with Crippen molar-refractivity contribution >= 4 is 17.7 Å². The van der Waals surface area contributed by atoms with Gasteiger partial charge in [-0.3, -0.25) is 0 Å².